The van der Waals surface area contributed by atoms with Crippen LogP contribution in [0.3, 0.4) is 0 Å². The van der Waals surface area contributed by atoms with Gasteiger partial charge in [-0.05, 0) is 31.2 Å². The lowest BCUT2D eigenvalue weighted by atomic mass is 10.0. The van der Waals surface area contributed by atoms with E-state index in [1.165, 1.54) is 76.2 Å². The maximum Gasteiger partial charge on any atom is 0.0739 e. The molecule has 0 unspecified atom stereocenters. The van der Waals surface area contributed by atoms with Crippen molar-refractivity contribution in [3.63, 3.8) is 0 Å². The molecule has 0 radical (unpaired) electrons. The van der Waals surface area contributed by atoms with Crippen molar-refractivity contribution in [3.05, 3.63) is 35.9 Å². The quantitative estimate of drug-likeness (QED) is 0.556. The van der Waals surface area contributed by atoms with Crippen LogP contribution in [0.5, 0.6) is 0 Å². The van der Waals surface area contributed by atoms with Crippen molar-refractivity contribution in [1.29, 1.82) is 0 Å². The lowest BCUT2D eigenvalue weighted by molar-refractivity contribution is -0.368. The molecule has 0 spiro atoms. The van der Waals surface area contributed by atoms with Crippen molar-refractivity contribution < 1.29 is 22.7 Å². The first-order chi connectivity index (χ1) is 9.43. The van der Waals surface area contributed by atoms with Crippen LogP contribution in [0, 0.1) is 0 Å². The second kappa shape index (κ2) is 15.1. The number of hydrogen-bond donors (Lipinski definition) is 1. The zero-order chi connectivity index (χ0) is 13.6. The number of rotatable bonds is 12. The SMILES string of the molecule is [Br-].[NH3+]CCCCCCCCCCCCc1ccccc1. The van der Waals surface area contributed by atoms with Crippen LogP contribution < -0.4 is 22.7 Å². The molecule has 0 aliphatic heterocycles. The Kier molecular flexibility index (Phi) is 14.8. The molecule has 0 atom stereocenters. The van der Waals surface area contributed by atoms with Gasteiger partial charge in [-0.3, -0.25) is 0 Å². The Balaban J connectivity index is 0.00000361. The molecule has 0 fully saturated rings. The van der Waals surface area contributed by atoms with Gasteiger partial charge in [-0.25, -0.2) is 0 Å². The van der Waals surface area contributed by atoms with Crippen LogP contribution in [-0.2, 0) is 6.42 Å². The zero-order valence-corrected chi connectivity index (χ0v) is 14.5. The van der Waals surface area contributed by atoms with E-state index < -0.39 is 0 Å². The fourth-order valence-corrected chi connectivity index (χ4v) is 2.56. The summed E-state index contributed by atoms with van der Waals surface area (Å²) in [5.41, 5.74) is 5.38. The van der Waals surface area contributed by atoms with E-state index in [0.29, 0.717) is 0 Å². The molecule has 1 nitrogen and oxygen atoms in total. The van der Waals surface area contributed by atoms with Crippen LogP contribution in [0.4, 0.5) is 0 Å². The molecular formula is C18H32BrN. The van der Waals surface area contributed by atoms with Crippen molar-refractivity contribution in [1.82, 2.24) is 0 Å². The summed E-state index contributed by atoms with van der Waals surface area (Å²) in [6.45, 7) is 1.11. The molecule has 0 amide bonds. The van der Waals surface area contributed by atoms with Crippen LogP contribution in [0.1, 0.15) is 69.8 Å². The lowest BCUT2D eigenvalue weighted by Crippen LogP contribution is -3.00. The fourth-order valence-electron chi connectivity index (χ4n) is 2.56. The van der Waals surface area contributed by atoms with Gasteiger partial charge in [-0.15, -0.1) is 0 Å². The molecule has 0 aliphatic rings. The normalized spacial score (nSPS) is 10.2. The number of halogens is 1. The molecule has 0 bridgehead atoms. The van der Waals surface area contributed by atoms with E-state index in [0.717, 1.165) is 6.54 Å². The highest BCUT2D eigenvalue weighted by Gasteiger charge is 1.94. The van der Waals surface area contributed by atoms with E-state index >= 15 is 0 Å². The molecule has 1 aromatic carbocycles. The van der Waals surface area contributed by atoms with Gasteiger partial charge in [0.25, 0.3) is 0 Å². The maximum absolute atomic E-state index is 3.88. The van der Waals surface area contributed by atoms with E-state index in [1.807, 2.05) is 0 Å². The van der Waals surface area contributed by atoms with Gasteiger partial charge in [0, 0.05) is 0 Å². The fraction of sp³-hybridized carbons (Fsp3) is 0.667. The molecule has 0 aromatic heterocycles. The number of unbranched alkanes of at least 4 members (excludes halogenated alkanes) is 9. The van der Waals surface area contributed by atoms with Crippen LogP contribution >= 0.6 is 0 Å². The van der Waals surface area contributed by atoms with Gasteiger partial charge in [-0.1, -0.05) is 75.3 Å². The third-order valence-electron chi connectivity index (χ3n) is 3.81. The summed E-state index contributed by atoms with van der Waals surface area (Å²) in [6, 6.07) is 10.9. The molecule has 0 heterocycles. The van der Waals surface area contributed by atoms with Gasteiger partial charge in [0.1, 0.15) is 0 Å². The molecule has 1 rings (SSSR count). The Labute approximate surface area is 136 Å². The van der Waals surface area contributed by atoms with Crippen LogP contribution in [0.15, 0.2) is 30.3 Å². The zero-order valence-electron chi connectivity index (χ0n) is 13.0. The van der Waals surface area contributed by atoms with Crippen molar-refractivity contribution >= 4 is 0 Å². The standard InChI is InChI=1S/C18H31N.BrH/c19-17-13-8-6-4-2-1-3-5-7-10-14-18-15-11-9-12-16-18;/h9,11-12,15-16H,1-8,10,13-14,17,19H2;1H. The summed E-state index contributed by atoms with van der Waals surface area (Å²) in [5, 5.41) is 0. The Hall–Kier alpha value is -0.340. The van der Waals surface area contributed by atoms with Crippen LogP contribution in [-0.4, -0.2) is 6.54 Å². The molecule has 0 saturated heterocycles. The Morgan fingerprint density at radius 2 is 1.05 bits per heavy atom. The van der Waals surface area contributed by atoms with Gasteiger partial charge in [-0.2, -0.15) is 0 Å². The molecule has 1 aromatic rings. The number of quaternary nitrogens is 1. The minimum Gasteiger partial charge on any atom is -1.00 e. The second-order valence-corrected chi connectivity index (χ2v) is 5.62. The smallest absolute Gasteiger partial charge is 0.0739 e. The van der Waals surface area contributed by atoms with E-state index in [1.54, 1.807) is 0 Å². The highest BCUT2D eigenvalue weighted by Crippen LogP contribution is 2.12. The van der Waals surface area contributed by atoms with Crippen LogP contribution in [0.2, 0.25) is 0 Å². The van der Waals surface area contributed by atoms with Gasteiger partial charge < -0.3 is 22.7 Å². The van der Waals surface area contributed by atoms with Crippen molar-refractivity contribution in [2.24, 2.45) is 0 Å². The maximum atomic E-state index is 3.88. The first-order valence-electron chi connectivity index (χ1n) is 8.26. The van der Waals surface area contributed by atoms with Gasteiger partial charge in [0.2, 0.25) is 0 Å². The third kappa shape index (κ3) is 11.5. The molecule has 3 N–H and O–H groups in total. The minimum atomic E-state index is 0. The Bertz CT molecular complexity index is 287. The average molecular weight is 342 g/mol. The highest BCUT2D eigenvalue weighted by molar-refractivity contribution is 5.14. The topological polar surface area (TPSA) is 27.6 Å². The van der Waals surface area contributed by atoms with Gasteiger partial charge in [0.05, 0.1) is 6.54 Å². The predicted molar refractivity (Wildman–Crippen MR) is 84.1 cm³/mol. The number of aryl methyl sites for hydroxylation is 1. The monoisotopic (exact) mass is 341 g/mol. The predicted octanol–water partition coefficient (Wildman–Crippen LogP) is 1.38. The highest BCUT2D eigenvalue weighted by atomic mass is 79.9. The lowest BCUT2D eigenvalue weighted by Gasteiger charge is -2.03. The molecule has 0 saturated carbocycles. The van der Waals surface area contributed by atoms with Crippen LogP contribution in [0.25, 0.3) is 0 Å². The molecule has 0 aliphatic carbocycles. The van der Waals surface area contributed by atoms with E-state index in [2.05, 4.69) is 36.1 Å². The minimum absolute atomic E-state index is 0. The molecule has 116 valence electrons. The van der Waals surface area contributed by atoms with Gasteiger partial charge in [0.15, 0.2) is 0 Å². The first kappa shape index (κ1) is 19.7. The van der Waals surface area contributed by atoms with Gasteiger partial charge >= 0.3 is 0 Å². The third-order valence-corrected chi connectivity index (χ3v) is 3.81. The number of hydrogen-bond acceptors (Lipinski definition) is 0. The molecular weight excluding hydrogens is 310 g/mol. The van der Waals surface area contributed by atoms with Crippen molar-refractivity contribution in [2.75, 3.05) is 6.54 Å². The summed E-state index contributed by atoms with van der Waals surface area (Å²) in [6.07, 6.45) is 15.3. The Morgan fingerprint density at radius 3 is 1.55 bits per heavy atom. The summed E-state index contributed by atoms with van der Waals surface area (Å²) in [5.74, 6) is 0. The summed E-state index contributed by atoms with van der Waals surface area (Å²) in [4.78, 5) is 0. The van der Waals surface area contributed by atoms with E-state index in [4.69, 9.17) is 0 Å². The largest absolute Gasteiger partial charge is 1.00 e. The van der Waals surface area contributed by atoms with Crippen molar-refractivity contribution in [2.45, 2.75) is 70.6 Å². The number of benzene rings is 1. The Morgan fingerprint density at radius 1 is 0.600 bits per heavy atom. The second-order valence-electron chi connectivity index (χ2n) is 5.62. The molecule has 2 heteroatoms. The first-order valence-corrected chi connectivity index (χ1v) is 8.26. The summed E-state index contributed by atoms with van der Waals surface area (Å²) in [7, 11) is 0. The molecule has 20 heavy (non-hydrogen) atoms. The van der Waals surface area contributed by atoms with Crippen molar-refractivity contribution in [3.8, 4) is 0 Å². The average Bonchev–Trinajstić information content (AvgIpc) is 2.46. The van der Waals surface area contributed by atoms with E-state index in [9.17, 15) is 0 Å². The summed E-state index contributed by atoms with van der Waals surface area (Å²) < 4.78 is 0. The summed E-state index contributed by atoms with van der Waals surface area (Å²) >= 11 is 0. The van der Waals surface area contributed by atoms with E-state index in [-0.39, 0.29) is 17.0 Å².